The molecule has 0 aliphatic carbocycles. The van der Waals surface area contributed by atoms with Gasteiger partial charge in [-0.15, -0.1) is 0 Å². The SMILES string of the molecule is COc1ccc(C(=O)Nc2ccc([N+](=O)[O-])cc2Cl)c(O)c1. The maximum absolute atomic E-state index is 12.1. The van der Waals surface area contributed by atoms with Crippen molar-refractivity contribution < 1.29 is 19.6 Å². The molecule has 0 fully saturated rings. The van der Waals surface area contributed by atoms with Crippen molar-refractivity contribution in [1.82, 2.24) is 0 Å². The molecule has 0 heterocycles. The number of ether oxygens (including phenoxy) is 1. The van der Waals surface area contributed by atoms with Crippen molar-refractivity contribution in [2.24, 2.45) is 0 Å². The van der Waals surface area contributed by atoms with Crippen LogP contribution < -0.4 is 10.1 Å². The predicted octanol–water partition coefficient (Wildman–Crippen LogP) is 3.21. The Labute approximate surface area is 130 Å². The minimum absolute atomic E-state index is 0.0234. The first-order valence-electron chi connectivity index (χ1n) is 6.04. The Morgan fingerprint density at radius 1 is 1.32 bits per heavy atom. The number of hydrogen-bond acceptors (Lipinski definition) is 5. The second-order valence-corrected chi connectivity index (χ2v) is 4.67. The quantitative estimate of drug-likeness (QED) is 0.664. The molecule has 1 amide bonds. The number of halogens is 1. The molecule has 0 aliphatic heterocycles. The second-order valence-electron chi connectivity index (χ2n) is 4.26. The summed E-state index contributed by atoms with van der Waals surface area (Å²) in [6, 6.07) is 7.88. The summed E-state index contributed by atoms with van der Waals surface area (Å²) in [4.78, 5) is 22.1. The summed E-state index contributed by atoms with van der Waals surface area (Å²) in [7, 11) is 1.44. The van der Waals surface area contributed by atoms with Crippen molar-refractivity contribution in [2.45, 2.75) is 0 Å². The molecular formula is C14H11ClN2O5. The Morgan fingerprint density at radius 2 is 2.05 bits per heavy atom. The molecule has 2 aromatic carbocycles. The number of rotatable bonds is 4. The molecule has 2 aromatic rings. The Kier molecular flexibility index (Phi) is 4.47. The summed E-state index contributed by atoms with van der Waals surface area (Å²) in [6.07, 6.45) is 0. The van der Waals surface area contributed by atoms with E-state index in [-0.39, 0.29) is 27.7 Å². The highest BCUT2D eigenvalue weighted by molar-refractivity contribution is 6.34. The number of phenolic OH excluding ortho intramolecular Hbond substituents is 1. The number of hydrogen-bond donors (Lipinski definition) is 2. The van der Waals surface area contributed by atoms with E-state index in [0.29, 0.717) is 5.75 Å². The summed E-state index contributed by atoms with van der Waals surface area (Å²) in [6.45, 7) is 0. The van der Waals surface area contributed by atoms with Gasteiger partial charge in [0.05, 0.1) is 28.3 Å². The number of anilines is 1. The van der Waals surface area contributed by atoms with Crippen LogP contribution in [0.4, 0.5) is 11.4 Å². The van der Waals surface area contributed by atoms with Crippen LogP contribution in [0.3, 0.4) is 0 Å². The van der Waals surface area contributed by atoms with Gasteiger partial charge in [-0.05, 0) is 18.2 Å². The fourth-order valence-corrected chi connectivity index (χ4v) is 1.96. The third-order valence-electron chi connectivity index (χ3n) is 2.86. The van der Waals surface area contributed by atoms with Crippen molar-refractivity contribution in [2.75, 3.05) is 12.4 Å². The maximum atomic E-state index is 12.1. The van der Waals surface area contributed by atoms with Gasteiger partial charge in [0.1, 0.15) is 11.5 Å². The Bertz CT molecular complexity index is 748. The number of nitro benzene ring substituents is 1. The predicted molar refractivity (Wildman–Crippen MR) is 80.7 cm³/mol. The molecule has 2 N–H and O–H groups in total. The van der Waals surface area contributed by atoms with E-state index in [1.807, 2.05) is 0 Å². The summed E-state index contributed by atoms with van der Waals surface area (Å²) in [5.41, 5.74) is 0.0398. The first kappa shape index (κ1) is 15.6. The van der Waals surface area contributed by atoms with Gasteiger partial charge in [0.25, 0.3) is 11.6 Å². The molecule has 0 radical (unpaired) electrons. The van der Waals surface area contributed by atoms with E-state index in [1.54, 1.807) is 0 Å². The molecule has 0 bridgehead atoms. The zero-order chi connectivity index (χ0) is 16.3. The first-order chi connectivity index (χ1) is 10.4. The van der Waals surface area contributed by atoms with E-state index in [2.05, 4.69) is 5.32 Å². The Hall–Kier alpha value is -2.80. The highest BCUT2D eigenvalue weighted by atomic mass is 35.5. The number of aromatic hydroxyl groups is 1. The molecule has 8 heteroatoms. The minimum Gasteiger partial charge on any atom is -0.507 e. The molecule has 2 rings (SSSR count). The summed E-state index contributed by atoms with van der Waals surface area (Å²) in [5, 5.41) is 22.9. The summed E-state index contributed by atoms with van der Waals surface area (Å²) < 4.78 is 4.93. The van der Waals surface area contributed by atoms with Gasteiger partial charge in [-0.25, -0.2) is 0 Å². The van der Waals surface area contributed by atoms with E-state index in [0.717, 1.165) is 6.07 Å². The number of nitrogens with one attached hydrogen (secondary N) is 1. The van der Waals surface area contributed by atoms with Gasteiger partial charge in [-0.3, -0.25) is 14.9 Å². The average molecular weight is 323 g/mol. The lowest BCUT2D eigenvalue weighted by Gasteiger charge is -2.09. The lowest BCUT2D eigenvalue weighted by atomic mass is 10.1. The van der Waals surface area contributed by atoms with Crippen molar-refractivity contribution in [3.05, 3.63) is 57.1 Å². The monoisotopic (exact) mass is 322 g/mol. The number of carbonyl (C=O) groups is 1. The van der Waals surface area contributed by atoms with E-state index in [4.69, 9.17) is 16.3 Å². The van der Waals surface area contributed by atoms with Gasteiger partial charge in [0.2, 0.25) is 0 Å². The largest absolute Gasteiger partial charge is 0.507 e. The van der Waals surface area contributed by atoms with Crippen LogP contribution in [0.2, 0.25) is 5.02 Å². The van der Waals surface area contributed by atoms with Crippen LogP contribution in [0.25, 0.3) is 0 Å². The zero-order valence-corrected chi connectivity index (χ0v) is 12.1. The lowest BCUT2D eigenvalue weighted by molar-refractivity contribution is -0.384. The molecule has 0 unspecified atom stereocenters. The third kappa shape index (κ3) is 3.26. The fraction of sp³-hybridized carbons (Fsp3) is 0.0714. The number of non-ortho nitro benzene ring substituents is 1. The molecule has 114 valence electrons. The third-order valence-corrected chi connectivity index (χ3v) is 3.17. The van der Waals surface area contributed by atoms with Crippen LogP contribution in [0, 0.1) is 10.1 Å². The van der Waals surface area contributed by atoms with Crippen LogP contribution in [-0.4, -0.2) is 23.0 Å². The minimum atomic E-state index is -0.601. The van der Waals surface area contributed by atoms with E-state index in [1.165, 1.54) is 37.4 Å². The van der Waals surface area contributed by atoms with Crippen LogP contribution in [0.1, 0.15) is 10.4 Å². The Balaban J connectivity index is 2.24. The highest BCUT2D eigenvalue weighted by Gasteiger charge is 2.15. The van der Waals surface area contributed by atoms with Crippen LogP contribution in [-0.2, 0) is 0 Å². The van der Waals surface area contributed by atoms with Crippen molar-refractivity contribution in [3.63, 3.8) is 0 Å². The number of carbonyl (C=O) groups excluding carboxylic acids is 1. The van der Waals surface area contributed by atoms with Crippen molar-refractivity contribution >= 4 is 28.9 Å². The van der Waals surface area contributed by atoms with Gasteiger partial charge in [-0.1, -0.05) is 11.6 Å². The molecule has 0 saturated heterocycles. The van der Waals surface area contributed by atoms with Gasteiger partial charge in [0, 0.05) is 18.2 Å². The molecule has 0 aromatic heterocycles. The molecular weight excluding hydrogens is 312 g/mol. The van der Waals surface area contributed by atoms with Crippen LogP contribution in [0.5, 0.6) is 11.5 Å². The van der Waals surface area contributed by atoms with Gasteiger partial charge in [0.15, 0.2) is 0 Å². The highest BCUT2D eigenvalue weighted by Crippen LogP contribution is 2.29. The van der Waals surface area contributed by atoms with Gasteiger partial charge < -0.3 is 15.2 Å². The molecule has 22 heavy (non-hydrogen) atoms. The van der Waals surface area contributed by atoms with Crippen LogP contribution >= 0.6 is 11.6 Å². The lowest BCUT2D eigenvalue weighted by Crippen LogP contribution is -2.12. The normalized spacial score (nSPS) is 10.1. The van der Waals surface area contributed by atoms with E-state index in [9.17, 15) is 20.0 Å². The van der Waals surface area contributed by atoms with Crippen molar-refractivity contribution in [3.8, 4) is 11.5 Å². The Morgan fingerprint density at radius 3 is 2.59 bits per heavy atom. The number of methoxy groups -OCH3 is 1. The number of amides is 1. The number of nitro groups is 1. The number of nitrogens with zero attached hydrogens (tertiary/aromatic N) is 1. The van der Waals surface area contributed by atoms with Gasteiger partial charge in [-0.2, -0.15) is 0 Å². The molecule has 0 saturated carbocycles. The smallest absolute Gasteiger partial charge is 0.271 e. The van der Waals surface area contributed by atoms with Crippen molar-refractivity contribution in [1.29, 1.82) is 0 Å². The second kappa shape index (κ2) is 6.31. The number of benzene rings is 2. The van der Waals surface area contributed by atoms with E-state index >= 15 is 0 Å². The fourth-order valence-electron chi connectivity index (χ4n) is 1.74. The molecule has 0 aliphatic rings. The average Bonchev–Trinajstić information content (AvgIpc) is 2.48. The summed E-state index contributed by atoms with van der Waals surface area (Å²) >= 11 is 5.89. The van der Waals surface area contributed by atoms with Gasteiger partial charge >= 0.3 is 0 Å². The standard InChI is InChI=1S/C14H11ClN2O5/c1-22-9-3-4-10(13(18)7-9)14(19)16-12-5-2-8(17(20)21)6-11(12)15/h2-7,18H,1H3,(H,16,19). The molecule has 7 nitrogen and oxygen atoms in total. The number of phenols is 1. The van der Waals surface area contributed by atoms with E-state index < -0.39 is 10.8 Å². The molecule has 0 spiro atoms. The van der Waals surface area contributed by atoms with Crippen LogP contribution in [0.15, 0.2) is 36.4 Å². The topological polar surface area (TPSA) is 102 Å². The summed E-state index contributed by atoms with van der Waals surface area (Å²) in [5.74, 6) is -0.451. The molecule has 0 atom stereocenters. The zero-order valence-electron chi connectivity index (χ0n) is 11.4. The first-order valence-corrected chi connectivity index (χ1v) is 6.42. The maximum Gasteiger partial charge on any atom is 0.271 e.